The SMILES string of the molecule is CN(CCOc1ccccc1)C(=O)C(N)CC(=O)O. The highest BCUT2D eigenvalue weighted by atomic mass is 16.5. The molecule has 0 fully saturated rings. The maximum absolute atomic E-state index is 11.7. The average Bonchev–Trinajstić information content (AvgIpc) is 2.38. The lowest BCUT2D eigenvalue weighted by atomic mass is 10.2. The molecule has 1 aromatic carbocycles. The second-order valence-corrected chi connectivity index (χ2v) is 4.13. The molecule has 0 bridgehead atoms. The number of carboxylic acids is 1. The lowest BCUT2D eigenvalue weighted by Crippen LogP contribution is -2.44. The van der Waals surface area contributed by atoms with Crippen molar-refractivity contribution in [1.29, 1.82) is 0 Å². The molecule has 0 heterocycles. The summed E-state index contributed by atoms with van der Waals surface area (Å²) in [5.41, 5.74) is 5.49. The van der Waals surface area contributed by atoms with E-state index in [0.29, 0.717) is 13.2 Å². The number of carbonyl (C=O) groups excluding carboxylic acids is 1. The van der Waals surface area contributed by atoms with E-state index in [0.717, 1.165) is 5.75 Å². The average molecular weight is 266 g/mol. The van der Waals surface area contributed by atoms with Crippen molar-refractivity contribution in [2.75, 3.05) is 20.2 Å². The van der Waals surface area contributed by atoms with Crippen LogP contribution in [0.25, 0.3) is 0 Å². The van der Waals surface area contributed by atoms with Crippen molar-refractivity contribution >= 4 is 11.9 Å². The van der Waals surface area contributed by atoms with Gasteiger partial charge >= 0.3 is 5.97 Å². The Balaban J connectivity index is 2.32. The first-order valence-corrected chi connectivity index (χ1v) is 5.91. The van der Waals surface area contributed by atoms with Crippen LogP contribution in [-0.4, -0.2) is 48.1 Å². The van der Waals surface area contributed by atoms with Gasteiger partial charge in [0, 0.05) is 7.05 Å². The molecule has 19 heavy (non-hydrogen) atoms. The van der Waals surface area contributed by atoms with Crippen LogP contribution < -0.4 is 10.5 Å². The summed E-state index contributed by atoms with van der Waals surface area (Å²) in [7, 11) is 1.57. The topological polar surface area (TPSA) is 92.9 Å². The number of carboxylic acid groups (broad SMARTS) is 1. The second kappa shape index (κ2) is 7.38. The molecule has 3 N–H and O–H groups in total. The van der Waals surface area contributed by atoms with Gasteiger partial charge < -0.3 is 20.5 Å². The van der Waals surface area contributed by atoms with Crippen LogP contribution >= 0.6 is 0 Å². The van der Waals surface area contributed by atoms with Gasteiger partial charge in [0.2, 0.25) is 5.91 Å². The van der Waals surface area contributed by atoms with Crippen LogP contribution in [0, 0.1) is 0 Å². The molecular formula is C13H18N2O4. The minimum atomic E-state index is -1.09. The minimum Gasteiger partial charge on any atom is -0.492 e. The number of amides is 1. The van der Waals surface area contributed by atoms with Crippen molar-refractivity contribution in [2.24, 2.45) is 5.73 Å². The highest BCUT2D eigenvalue weighted by molar-refractivity contribution is 5.85. The highest BCUT2D eigenvalue weighted by Crippen LogP contribution is 2.07. The van der Waals surface area contributed by atoms with Gasteiger partial charge in [-0.05, 0) is 12.1 Å². The molecule has 1 unspecified atom stereocenters. The molecule has 0 aliphatic rings. The molecule has 0 radical (unpaired) electrons. The zero-order valence-electron chi connectivity index (χ0n) is 10.8. The zero-order valence-corrected chi connectivity index (χ0v) is 10.8. The number of rotatable bonds is 7. The quantitative estimate of drug-likeness (QED) is 0.741. The van der Waals surface area contributed by atoms with Gasteiger partial charge in [0.1, 0.15) is 12.4 Å². The third kappa shape index (κ3) is 5.39. The van der Waals surface area contributed by atoms with Gasteiger partial charge in [0.25, 0.3) is 0 Å². The van der Waals surface area contributed by atoms with E-state index in [1.54, 1.807) is 7.05 Å². The molecule has 1 atom stereocenters. The largest absolute Gasteiger partial charge is 0.492 e. The zero-order chi connectivity index (χ0) is 14.3. The van der Waals surface area contributed by atoms with Crippen LogP contribution in [-0.2, 0) is 9.59 Å². The Kier molecular flexibility index (Phi) is 5.81. The Morgan fingerprint density at radius 3 is 2.58 bits per heavy atom. The first-order chi connectivity index (χ1) is 9.00. The summed E-state index contributed by atoms with van der Waals surface area (Å²) in [6.07, 6.45) is -0.372. The molecule has 0 saturated carbocycles. The summed E-state index contributed by atoms with van der Waals surface area (Å²) in [6.45, 7) is 0.674. The third-order valence-corrected chi connectivity index (χ3v) is 2.53. The fourth-order valence-electron chi connectivity index (χ4n) is 1.49. The summed E-state index contributed by atoms with van der Waals surface area (Å²) in [4.78, 5) is 23.5. The van der Waals surface area contributed by atoms with Crippen LogP contribution in [0.2, 0.25) is 0 Å². The van der Waals surface area contributed by atoms with Crippen LogP contribution in [0.5, 0.6) is 5.75 Å². The highest BCUT2D eigenvalue weighted by Gasteiger charge is 2.20. The predicted octanol–water partition coefficient (Wildman–Crippen LogP) is 0.326. The van der Waals surface area contributed by atoms with Crippen molar-refractivity contribution in [3.05, 3.63) is 30.3 Å². The van der Waals surface area contributed by atoms with Gasteiger partial charge in [-0.15, -0.1) is 0 Å². The normalized spacial score (nSPS) is 11.7. The van der Waals surface area contributed by atoms with E-state index in [9.17, 15) is 9.59 Å². The summed E-state index contributed by atoms with van der Waals surface area (Å²) >= 11 is 0. The molecule has 0 spiro atoms. The monoisotopic (exact) mass is 266 g/mol. The molecule has 0 aliphatic heterocycles. The number of para-hydroxylation sites is 1. The van der Waals surface area contributed by atoms with Gasteiger partial charge in [-0.1, -0.05) is 18.2 Å². The standard InChI is InChI=1S/C13H18N2O4/c1-15(13(18)11(14)9-12(16)17)7-8-19-10-5-3-2-4-6-10/h2-6,11H,7-9,14H2,1H3,(H,16,17). The molecular weight excluding hydrogens is 248 g/mol. The van der Waals surface area contributed by atoms with Crippen LogP contribution in [0.15, 0.2) is 30.3 Å². The third-order valence-electron chi connectivity index (χ3n) is 2.53. The number of nitrogens with two attached hydrogens (primary N) is 1. The Morgan fingerprint density at radius 1 is 1.37 bits per heavy atom. The van der Waals surface area contributed by atoms with Crippen molar-refractivity contribution < 1.29 is 19.4 Å². The van der Waals surface area contributed by atoms with Gasteiger partial charge in [0.15, 0.2) is 0 Å². The molecule has 0 aromatic heterocycles. The second-order valence-electron chi connectivity index (χ2n) is 4.13. The van der Waals surface area contributed by atoms with Crippen molar-refractivity contribution in [3.63, 3.8) is 0 Å². The van der Waals surface area contributed by atoms with Gasteiger partial charge in [-0.2, -0.15) is 0 Å². The number of hydrogen-bond donors (Lipinski definition) is 2. The number of likely N-dealkylation sites (N-methyl/N-ethyl adjacent to an activating group) is 1. The van der Waals surface area contributed by atoms with E-state index in [1.165, 1.54) is 4.90 Å². The number of carbonyl (C=O) groups is 2. The van der Waals surface area contributed by atoms with E-state index in [2.05, 4.69) is 0 Å². The number of nitrogens with zero attached hydrogens (tertiary/aromatic N) is 1. The number of benzene rings is 1. The van der Waals surface area contributed by atoms with Crippen LogP contribution in [0.1, 0.15) is 6.42 Å². The van der Waals surface area contributed by atoms with Gasteiger partial charge in [0.05, 0.1) is 19.0 Å². The van der Waals surface area contributed by atoms with Crippen molar-refractivity contribution in [3.8, 4) is 5.75 Å². The van der Waals surface area contributed by atoms with E-state index in [4.69, 9.17) is 15.6 Å². The molecule has 104 valence electrons. The molecule has 6 heteroatoms. The Bertz CT molecular complexity index is 422. The number of hydrogen-bond acceptors (Lipinski definition) is 4. The maximum Gasteiger partial charge on any atom is 0.305 e. The number of ether oxygens (including phenoxy) is 1. The van der Waals surface area contributed by atoms with Crippen molar-refractivity contribution in [2.45, 2.75) is 12.5 Å². The molecule has 1 rings (SSSR count). The predicted molar refractivity (Wildman–Crippen MR) is 69.8 cm³/mol. The first-order valence-electron chi connectivity index (χ1n) is 5.91. The van der Waals surface area contributed by atoms with Crippen LogP contribution in [0.3, 0.4) is 0 Å². The smallest absolute Gasteiger partial charge is 0.305 e. The fourth-order valence-corrected chi connectivity index (χ4v) is 1.49. The molecule has 6 nitrogen and oxygen atoms in total. The Morgan fingerprint density at radius 2 is 2.00 bits per heavy atom. The van der Waals surface area contributed by atoms with E-state index >= 15 is 0 Å². The van der Waals surface area contributed by atoms with Gasteiger partial charge in [-0.3, -0.25) is 9.59 Å². The lowest BCUT2D eigenvalue weighted by Gasteiger charge is -2.20. The summed E-state index contributed by atoms with van der Waals surface area (Å²) in [6, 6.07) is 8.21. The Labute approximate surface area is 111 Å². The van der Waals surface area contributed by atoms with Gasteiger partial charge in [-0.25, -0.2) is 0 Å². The summed E-state index contributed by atoms with van der Waals surface area (Å²) in [5, 5.41) is 8.56. The first kappa shape index (κ1) is 15.0. The maximum atomic E-state index is 11.7. The lowest BCUT2D eigenvalue weighted by molar-refractivity contribution is -0.141. The molecule has 0 saturated heterocycles. The number of aliphatic carboxylic acids is 1. The van der Waals surface area contributed by atoms with E-state index in [-0.39, 0.29) is 6.42 Å². The van der Waals surface area contributed by atoms with E-state index in [1.807, 2.05) is 30.3 Å². The Hall–Kier alpha value is -2.08. The molecule has 0 aliphatic carbocycles. The molecule has 1 amide bonds. The minimum absolute atomic E-state index is 0.325. The molecule has 1 aromatic rings. The van der Waals surface area contributed by atoms with Crippen LogP contribution in [0.4, 0.5) is 0 Å². The van der Waals surface area contributed by atoms with E-state index < -0.39 is 17.9 Å². The summed E-state index contributed by atoms with van der Waals surface area (Å²) < 4.78 is 5.44. The van der Waals surface area contributed by atoms with Crippen molar-refractivity contribution in [1.82, 2.24) is 4.90 Å². The summed E-state index contributed by atoms with van der Waals surface area (Å²) in [5.74, 6) is -0.771. The fraction of sp³-hybridized carbons (Fsp3) is 0.385.